The van der Waals surface area contributed by atoms with Gasteiger partial charge in [-0.05, 0) is 31.7 Å². The lowest BCUT2D eigenvalue weighted by molar-refractivity contribution is -0.143. The minimum absolute atomic E-state index is 0.0619. The van der Waals surface area contributed by atoms with Crippen LogP contribution in [-0.4, -0.2) is 18.6 Å². The molecule has 3 nitrogen and oxygen atoms in total. The third-order valence-electron chi connectivity index (χ3n) is 2.52. The monoisotopic (exact) mass is 235 g/mol. The summed E-state index contributed by atoms with van der Waals surface area (Å²) in [5.41, 5.74) is 6.84. The van der Waals surface area contributed by atoms with Gasteiger partial charge in [0.1, 0.15) is 0 Å². The molecule has 0 aliphatic carbocycles. The highest BCUT2D eigenvalue weighted by molar-refractivity contribution is 5.69. The van der Waals surface area contributed by atoms with Gasteiger partial charge in [0, 0.05) is 12.5 Å². The van der Waals surface area contributed by atoms with Crippen molar-refractivity contribution in [2.24, 2.45) is 5.73 Å². The topological polar surface area (TPSA) is 52.3 Å². The minimum atomic E-state index is -0.143. The van der Waals surface area contributed by atoms with Gasteiger partial charge in [-0.3, -0.25) is 4.79 Å². The number of rotatable bonds is 7. The van der Waals surface area contributed by atoms with Crippen LogP contribution in [0.25, 0.3) is 0 Å². The number of benzene rings is 1. The van der Waals surface area contributed by atoms with E-state index in [2.05, 4.69) is 12.1 Å². The molecule has 0 aliphatic heterocycles. The third kappa shape index (κ3) is 6.74. The van der Waals surface area contributed by atoms with Gasteiger partial charge < -0.3 is 10.5 Å². The van der Waals surface area contributed by atoms with Gasteiger partial charge in [0.2, 0.25) is 0 Å². The number of esters is 1. The molecule has 1 atom stereocenters. The van der Waals surface area contributed by atoms with E-state index in [1.54, 1.807) is 0 Å². The number of aryl methyl sites for hydroxylation is 1. The van der Waals surface area contributed by atoms with Gasteiger partial charge in [0.25, 0.3) is 0 Å². The van der Waals surface area contributed by atoms with E-state index in [0.717, 1.165) is 12.8 Å². The zero-order chi connectivity index (χ0) is 12.5. The van der Waals surface area contributed by atoms with Crippen molar-refractivity contribution in [1.29, 1.82) is 0 Å². The molecule has 17 heavy (non-hydrogen) atoms. The molecule has 2 N–H and O–H groups in total. The Bertz CT molecular complexity index is 322. The SMILES string of the molecule is CC(N)CCC(=O)OCCCc1ccccc1. The summed E-state index contributed by atoms with van der Waals surface area (Å²) in [5, 5.41) is 0. The van der Waals surface area contributed by atoms with E-state index in [1.165, 1.54) is 5.56 Å². The zero-order valence-corrected chi connectivity index (χ0v) is 10.4. The van der Waals surface area contributed by atoms with Crippen LogP contribution in [0.4, 0.5) is 0 Å². The molecule has 0 fully saturated rings. The maximum Gasteiger partial charge on any atom is 0.305 e. The Morgan fingerprint density at radius 3 is 2.71 bits per heavy atom. The van der Waals surface area contributed by atoms with Crippen LogP contribution in [0.3, 0.4) is 0 Å². The Morgan fingerprint density at radius 1 is 1.35 bits per heavy atom. The summed E-state index contributed by atoms with van der Waals surface area (Å²) in [6, 6.07) is 10.3. The first kappa shape index (κ1) is 13.7. The van der Waals surface area contributed by atoms with Gasteiger partial charge in [-0.1, -0.05) is 30.3 Å². The Morgan fingerprint density at radius 2 is 2.06 bits per heavy atom. The number of nitrogens with two attached hydrogens (primary N) is 1. The van der Waals surface area contributed by atoms with Gasteiger partial charge in [-0.15, -0.1) is 0 Å². The zero-order valence-electron chi connectivity index (χ0n) is 10.4. The molecule has 94 valence electrons. The van der Waals surface area contributed by atoms with Crippen LogP contribution in [0, 0.1) is 0 Å². The fraction of sp³-hybridized carbons (Fsp3) is 0.500. The van der Waals surface area contributed by atoms with Crippen LogP contribution in [0.5, 0.6) is 0 Å². The molecule has 1 aromatic carbocycles. The molecule has 0 radical (unpaired) electrons. The highest BCUT2D eigenvalue weighted by Gasteiger charge is 2.04. The fourth-order valence-corrected chi connectivity index (χ4v) is 1.52. The largest absolute Gasteiger partial charge is 0.466 e. The van der Waals surface area contributed by atoms with Gasteiger partial charge in [0.05, 0.1) is 6.61 Å². The van der Waals surface area contributed by atoms with Crippen LogP contribution in [0.15, 0.2) is 30.3 Å². The van der Waals surface area contributed by atoms with E-state index in [0.29, 0.717) is 19.4 Å². The summed E-state index contributed by atoms with van der Waals surface area (Å²) in [5.74, 6) is -0.143. The van der Waals surface area contributed by atoms with Crippen LogP contribution >= 0.6 is 0 Å². The quantitative estimate of drug-likeness (QED) is 0.582. The second-order valence-electron chi connectivity index (χ2n) is 4.33. The normalized spacial score (nSPS) is 12.1. The summed E-state index contributed by atoms with van der Waals surface area (Å²) in [6.07, 6.45) is 2.93. The van der Waals surface area contributed by atoms with Crippen molar-refractivity contribution in [1.82, 2.24) is 0 Å². The number of hydrogen-bond donors (Lipinski definition) is 1. The highest BCUT2D eigenvalue weighted by atomic mass is 16.5. The Kier molecular flexibility index (Phi) is 6.33. The molecule has 0 saturated carbocycles. The first-order valence-electron chi connectivity index (χ1n) is 6.13. The first-order chi connectivity index (χ1) is 8.18. The first-order valence-corrected chi connectivity index (χ1v) is 6.13. The maximum absolute atomic E-state index is 11.3. The molecule has 1 unspecified atom stereocenters. The van der Waals surface area contributed by atoms with Crippen LogP contribution in [-0.2, 0) is 16.0 Å². The molecule has 0 saturated heterocycles. The van der Waals surface area contributed by atoms with E-state index in [4.69, 9.17) is 10.5 Å². The molecule has 0 spiro atoms. The van der Waals surface area contributed by atoms with Crippen LogP contribution in [0.1, 0.15) is 31.7 Å². The van der Waals surface area contributed by atoms with Crippen molar-refractivity contribution >= 4 is 5.97 Å². The molecule has 0 aliphatic rings. The lowest BCUT2D eigenvalue weighted by Gasteiger charge is -2.06. The molecule has 3 heteroatoms. The molecule has 0 bridgehead atoms. The second-order valence-corrected chi connectivity index (χ2v) is 4.33. The average Bonchev–Trinajstić information content (AvgIpc) is 2.33. The van der Waals surface area contributed by atoms with Crippen molar-refractivity contribution in [3.05, 3.63) is 35.9 Å². The number of carbonyl (C=O) groups is 1. The van der Waals surface area contributed by atoms with Crippen molar-refractivity contribution in [3.8, 4) is 0 Å². The average molecular weight is 235 g/mol. The Hall–Kier alpha value is -1.35. The van der Waals surface area contributed by atoms with Gasteiger partial charge in [-0.25, -0.2) is 0 Å². The predicted octanol–water partition coefficient (Wildman–Crippen LogP) is 2.29. The van der Waals surface area contributed by atoms with Crippen molar-refractivity contribution in [2.75, 3.05) is 6.61 Å². The lowest BCUT2D eigenvalue weighted by atomic mass is 10.1. The Labute approximate surface area is 103 Å². The molecule has 0 heterocycles. The number of ether oxygens (including phenoxy) is 1. The summed E-state index contributed by atoms with van der Waals surface area (Å²) in [4.78, 5) is 11.3. The van der Waals surface area contributed by atoms with Gasteiger partial charge >= 0.3 is 5.97 Å². The van der Waals surface area contributed by atoms with Gasteiger partial charge in [0.15, 0.2) is 0 Å². The Balaban J connectivity index is 2.06. The molecule has 0 aromatic heterocycles. The third-order valence-corrected chi connectivity index (χ3v) is 2.52. The summed E-state index contributed by atoms with van der Waals surface area (Å²) in [6.45, 7) is 2.38. The van der Waals surface area contributed by atoms with Gasteiger partial charge in [-0.2, -0.15) is 0 Å². The standard InChI is InChI=1S/C14H21NO2/c1-12(15)9-10-14(16)17-11-5-8-13-6-3-2-4-7-13/h2-4,6-7,12H,5,8-11,15H2,1H3. The summed E-state index contributed by atoms with van der Waals surface area (Å²) in [7, 11) is 0. The highest BCUT2D eigenvalue weighted by Crippen LogP contribution is 2.03. The molecule has 1 aromatic rings. The van der Waals surface area contributed by atoms with Crippen molar-refractivity contribution in [3.63, 3.8) is 0 Å². The van der Waals surface area contributed by atoms with E-state index in [-0.39, 0.29) is 12.0 Å². The second kappa shape index (κ2) is 7.85. The van der Waals surface area contributed by atoms with Crippen LogP contribution in [0.2, 0.25) is 0 Å². The predicted molar refractivity (Wildman–Crippen MR) is 68.6 cm³/mol. The van der Waals surface area contributed by atoms with Crippen molar-refractivity contribution in [2.45, 2.75) is 38.6 Å². The van der Waals surface area contributed by atoms with E-state index < -0.39 is 0 Å². The molecular formula is C14H21NO2. The van der Waals surface area contributed by atoms with Crippen molar-refractivity contribution < 1.29 is 9.53 Å². The van der Waals surface area contributed by atoms with E-state index in [9.17, 15) is 4.79 Å². The van der Waals surface area contributed by atoms with Crippen LogP contribution < -0.4 is 5.73 Å². The smallest absolute Gasteiger partial charge is 0.305 e. The fourth-order valence-electron chi connectivity index (χ4n) is 1.52. The number of carbonyl (C=O) groups excluding carboxylic acids is 1. The number of hydrogen-bond acceptors (Lipinski definition) is 3. The summed E-state index contributed by atoms with van der Waals surface area (Å²) < 4.78 is 5.12. The maximum atomic E-state index is 11.3. The van der Waals surface area contributed by atoms with E-state index >= 15 is 0 Å². The molecule has 0 amide bonds. The molecular weight excluding hydrogens is 214 g/mol. The van der Waals surface area contributed by atoms with E-state index in [1.807, 2.05) is 25.1 Å². The summed E-state index contributed by atoms with van der Waals surface area (Å²) >= 11 is 0. The lowest BCUT2D eigenvalue weighted by Crippen LogP contribution is -2.17. The minimum Gasteiger partial charge on any atom is -0.466 e. The molecule has 1 rings (SSSR count).